The van der Waals surface area contributed by atoms with Crippen LogP contribution in [-0.2, 0) is 11.3 Å². The predicted octanol–water partition coefficient (Wildman–Crippen LogP) is 4.01. The molecule has 0 atom stereocenters. The summed E-state index contributed by atoms with van der Waals surface area (Å²) < 4.78 is 6.32. The number of ether oxygens (including phenoxy) is 1. The minimum Gasteiger partial charge on any atom is -0.455 e. The van der Waals surface area contributed by atoms with Gasteiger partial charge in [-0.25, -0.2) is 9.78 Å². The van der Waals surface area contributed by atoms with Crippen LogP contribution in [0.25, 0.3) is 10.1 Å². The van der Waals surface area contributed by atoms with Gasteiger partial charge in [0.05, 0.1) is 21.8 Å². The second kappa shape index (κ2) is 5.79. The molecular weight excluding hydrogens is 308 g/mol. The molecule has 0 radical (unpaired) electrons. The number of benzene rings is 1. The van der Waals surface area contributed by atoms with Crippen LogP contribution >= 0.6 is 22.9 Å². The number of carbonyl (C=O) groups is 1. The standard InChI is InChI=1S/C15H11ClN2O2S/c1-9-6-18-11(7-17-9)15(19)20-8-13-14(16)10-4-2-3-5-12(10)21-13/h2-7H,8H2,1H3. The summed E-state index contributed by atoms with van der Waals surface area (Å²) in [4.78, 5) is 20.7. The van der Waals surface area contributed by atoms with Gasteiger partial charge in [-0.1, -0.05) is 29.8 Å². The zero-order valence-electron chi connectivity index (χ0n) is 11.2. The molecule has 0 saturated carbocycles. The molecule has 0 amide bonds. The number of rotatable bonds is 3. The van der Waals surface area contributed by atoms with Crippen LogP contribution in [0.2, 0.25) is 5.02 Å². The van der Waals surface area contributed by atoms with Crippen LogP contribution in [-0.4, -0.2) is 15.9 Å². The lowest BCUT2D eigenvalue weighted by atomic mass is 10.2. The first-order valence-corrected chi connectivity index (χ1v) is 7.46. The van der Waals surface area contributed by atoms with Crippen LogP contribution < -0.4 is 0 Å². The van der Waals surface area contributed by atoms with E-state index < -0.39 is 5.97 Å². The average Bonchev–Trinajstić information content (AvgIpc) is 2.82. The lowest BCUT2D eigenvalue weighted by molar-refractivity contribution is 0.0469. The predicted molar refractivity (Wildman–Crippen MR) is 82.7 cm³/mol. The summed E-state index contributed by atoms with van der Waals surface area (Å²) in [5, 5.41) is 1.61. The number of fused-ring (bicyclic) bond motifs is 1. The SMILES string of the molecule is Cc1cnc(C(=O)OCc2sc3ccccc3c2Cl)cn1. The molecule has 0 N–H and O–H groups in total. The molecule has 0 aliphatic rings. The molecule has 0 saturated heterocycles. The molecule has 1 aromatic carbocycles. The maximum absolute atomic E-state index is 11.9. The fourth-order valence-electron chi connectivity index (χ4n) is 1.86. The molecule has 2 heterocycles. The molecule has 3 rings (SSSR count). The smallest absolute Gasteiger partial charge is 0.358 e. The van der Waals surface area contributed by atoms with Gasteiger partial charge >= 0.3 is 5.97 Å². The lowest BCUT2D eigenvalue weighted by Crippen LogP contribution is -2.07. The number of aromatic nitrogens is 2. The third-order valence-electron chi connectivity index (χ3n) is 2.93. The van der Waals surface area contributed by atoms with Crippen molar-refractivity contribution in [3.05, 3.63) is 57.9 Å². The normalized spacial score (nSPS) is 10.8. The minimum absolute atomic E-state index is 0.132. The van der Waals surface area contributed by atoms with E-state index in [1.165, 1.54) is 23.7 Å². The summed E-state index contributed by atoms with van der Waals surface area (Å²) in [6.07, 6.45) is 2.94. The summed E-state index contributed by atoms with van der Waals surface area (Å²) in [6.45, 7) is 1.94. The van der Waals surface area contributed by atoms with Crippen molar-refractivity contribution in [1.82, 2.24) is 9.97 Å². The highest BCUT2D eigenvalue weighted by molar-refractivity contribution is 7.19. The van der Waals surface area contributed by atoms with Gasteiger partial charge in [-0.2, -0.15) is 0 Å². The van der Waals surface area contributed by atoms with E-state index in [-0.39, 0.29) is 12.3 Å². The highest BCUT2D eigenvalue weighted by atomic mass is 35.5. The van der Waals surface area contributed by atoms with Gasteiger partial charge in [-0.05, 0) is 13.0 Å². The average molecular weight is 319 g/mol. The summed E-state index contributed by atoms with van der Waals surface area (Å²) in [7, 11) is 0. The molecule has 0 spiro atoms. The van der Waals surface area contributed by atoms with Crippen LogP contribution in [0.1, 0.15) is 21.1 Å². The van der Waals surface area contributed by atoms with E-state index in [1.54, 1.807) is 6.92 Å². The quantitative estimate of drug-likeness (QED) is 0.685. The number of hydrogen-bond acceptors (Lipinski definition) is 5. The van der Waals surface area contributed by atoms with Crippen LogP contribution in [0.15, 0.2) is 36.7 Å². The monoisotopic (exact) mass is 318 g/mol. The molecule has 0 unspecified atom stereocenters. The maximum atomic E-state index is 11.9. The number of thiophene rings is 1. The molecule has 106 valence electrons. The molecule has 4 nitrogen and oxygen atoms in total. The third kappa shape index (κ3) is 2.89. The van der Waals surface area contributed by atoms with Crippen LogP contribution in [0, 0.1) is 6.92 Å². The van der Waals surface area contributed by atoms with Crippen molar-refractivity contribution in [2.45, 2.75) is 13.5 Å². The molecule has 2 aromatic heterocycles. The van der Waals surface area contributed by atoms with E-state index in [2.05, 4.69) is 9.97 Å². The Morgan fingerprint density at radius 3 is 2.81 bits per heavy atom. The van der Waals surface area contributed by atoms with Crippen molar-refractivity contribution >= 4 is 39.0 Å². The van der Waals surface area contributed by atoms with Gasteiger partial charge in [0.15, 0.2) is 5.69 Å². The molecule has 0 aliphatic carbocycles. The number of hydrogen-bond donors (Lipinski definition) is 0. The Morgan fingerprint density at radius 2 is 2.10 bits per heavy atom. The molecule has 0 fully saturated rings. The van der Waals surface area contributed by atoms with Crippen molar-refractivity contribution in [2.24, 2.45) is 0 Å². The summed E-state index contributed by atoms with van der Waals surface area (Å²) in [5.41, 5.74) is 0.942. The van der Waals surface area contributed by atoms with Crippen molar-refractivity contribution in [2.75, 3.05) is 0 Å². The number of halogens is 1. The fraction of sp³-hybridized carbons (Fsp3) is 0.133. The second-order valence-corrected chi connectivity index (χ2v) is 5.97. The van der Waals surface area contributed by atoms with Crippen LogP contribution in [0.4, 0.5) is 0 Å². The molecular formula is C15H11ClN2O2S. The van der Waals surface area contributed by atoms with Crippen molar-refractivity contribution in [1.29, 1.82) is 0 Å². The molecule has 0 bridgehead atoms. The van der Waals surface area contributed by atoms with Gasteiger partial charge in [0.1, 0.15) is 6.61 Å². The zero-order valence-corrected chi connectivity index (χ0v) is 12.7. The largest absolute Gasteiger partial charge is 0.455 e. The number of esters is 1. The zero-order chi connectivity index (χ0) is 14.8. The Kier molecular flexibility index (Phi) is 3.86. The van der Waals surface area contributed by atoms with Gasteiger partial charge in [0.25, 0.3) is 0 Å². The van der Waals surface area contributed by atoms with E-state index in [0.29, 0.717) is 5.02 Å². The number of carbonyl (C=O) groups excluding carboxylic acids is 1. The van der Waals surface area contributed by atoms with Gasteiger partial charge < -0.3 is 4.74 Å². The third-order valence-corrected chi connectivity index (χ3v) is 4.61. The van der Waals surface area contributed by atoms with Crippen molar-refractivity contribution in [3.8, 4) is 0 Å². The van der Waals surface area contributed by atoms with Gasteiger partial charge in [0.2, 0.25) is 0 Å². The van der Waals surface area contributed by atoms with Crippen LogP contribution in [0.3, 0.4) is 0 Å². The first kappa shape index (κ1) is 14.0. The molecule has 0 aliphatic heterocycles. The molecule has 3 aromatic rings. The molecule has 6 heteroatoms. The van der Waals surface area contributed by atoms with Crippen molar-refractivity contribution < 1.29 is 9.53 Å². The lowest BCUT2D eigenvalue weighted by Gasteiger charge is -2.03. The van der Waals surface area contributed by atoms with Gasteiger partial charge in [-0.3, -0.25) is 4.98 Å². The Hall–Kier alpha value is -1.98. The first-order chi connectivity index (χ1) is 10.1. The van der Waals surface area contributed by atoms with E-state index in [0.717, 1.165) is 20.7 Å². The number of nitrogens with zero attached hydrogens (tertiary/aromatic N) is 2. The van der Waals surface area contributed by atoms with Crippen molar-refractivity contribution in [3.63, 3.8) is 0 Å². The highest BCUT2D eigenvalue weighted by Gasteiger charge is 2.14. The Morgan fingerprint density at radius 1 is 1.29 bits per heavy atom. The van der Waals surface area contributed by atoms with E-state index in [9.17, 15) is 4.79 Å². The highest BCUT2D eigenvalue weighted by Crippen LogP contribution is 2.35. The maximum Gasteiger partial charge on any atom is 0.358 e. The second-order valence-electron chi connectivity index (χ2n) is 4.45. The van der Waals surface area contributed by atoms with E-state index >= 15 is 0 Å². The van der Waals surface area contributed by atoms with E-state index in [1.807, 2.05) is 24.3 Å². The topological polar surface area (TPSA) is 52.1 Å². The first-order valence-electron chi connectivity index (χ1n) is 6.27. The Bertz CT molecular complexity index is 799. The molecule has 21 heavy (non-hydrogen) atoms. The number of aryl methyl sites for hydroxylation is 1. The summed E-state index contributed by atoms with van der Waals surface area (Å²) >= 11 is 7.82. The Labute approximate surface area is 130 Å². The summed E-state index contributed by atoms with van der Waals surface area (Å²) in [5.74, 6) is -0.504. The van der Waals surface area contributed by atoms with Crippen LogP contribution in [0.5, 0.6) is 0 Å². The fourth-order valence-corrected chi connectivity index (χ4v) is 3.26. The Balaban J connectivity index is 1.75. The van der Waals surface area contributed by atoms with Gasteiger partial charge in [-0.15, -0.1) is 11.3 Å². The van der Waals surface area contributed by atoms with Gasteiger partial charge in [0, 0.05) is 16.3 Å². The minimum atomic E-state index is -0.504. The summed E-state index contributed by atoms with van der Waals surface area (Å²) in [6, 6.07) is 7.82. The van der Waals surface area contributed by atoms with E-state index in [4.69, 9.17) is 16.3 Å².